The molecule has 5 heteroatoms. The summed E-state index contributed by atoms with van der Waals surface area (Å²) in [6, 6.07) is 0. The van der Waals surface area contributed by atoms with Crippen LogP contribution in [0, 0.1) is 0 Å². The smallest absolute Gasteiger partial charge is 0.216 e. The fourth-order valence-corrected chi connectivity index (χ4v) is 3.56. The largest absolute Gasteiger partial charge is 0.355 e. The van der Waals surface area contributed by atoms with Gasteiger partial charge in [-0.05, 0) is 6.42 Å². The third-order valence-corrected chi connectivity index (χ3v) is 5.33. The minimum atomic E-state index is -3.00. The number of carbonyl (C=O) groups is 1. The van der Waals surface area contributed by atoms with Crippen LogP contribution in [0.4, 0.5) is 0 Å². The van der Waals surface area contributed by atoms with Crippen LogP contribution in [0.2, 0.25) is 0 Å². The highest BCUT2D eigenvalue weighted by atomic mass is 32.2. The average molecular weight is 320 g/mol. The van der Waals surface area contributed by atoms with Crippen LogP contribution in [0.15, 0.2) is 0 Å². The lowest BCUT2D eigenvalue weighted by atomic mass is 10.1. The summed E-state index contributed by atoms with van der Waals surface area (Å²) in [5.74, 6) is 0.136. The van der Waals surface area contributed by atoms with Crippen LogP contribution in [0.5, 0.6) is 0 Å². The third kappa shape index (κ3) is 15.6. The molecule has 126 valence electrons. The summed E-state index contributed by atoms with van der Waals surface area (Å²) in [5.41, 5.74) is 0. The predicted octanol–water partition coefficient (Wildman–Crippen LogP) is 3.46. The SMILES string of the molecule is CCCCCCCCCCCCS(=O)(=O)CCNC(C)=O. The normalized spacial score (nSPS) is 11.5. The Labute approximate surface area is 131 Å². The topological polar surface area (TPSA) is 63.2 Å². The number of nitrogens with one attached hydrogen (secondary N) is 1. The van der Waals surface area contributed by atoms with Crippen molar-refractivity contribution in [3.05, 3.63) is 0 Å². The van der Waals surface area contributed by atoms with Crippen molar-refractivity contribution in [3.63, 3.8) is 0 Å². The molecule has 0 atom stereocenters. The molecule has 0 fully saturated rings. The molecule has 0 spiro atoms. The lowest BCUT2D eigenvalue weighted by Crippen LogP contribution is -2.27. The molecule has 0 unspecified atom stereocenters. The van der Waals surface area contributed by atoms with Crippen molar-refractivity contribution >= 4 is 15.7 Å². The highest BCUT2D eigenvalue weighted by Crippen LogP contribution is 2.11. The van der Waals surface area contributed by atoms with Gasteiger partial charge in [0.15, 0.2) is 9.84 Å². The molecular formula is C16H33NO3S. The maximum Gasteiger partial charge on any atom is 0.216 e. The van der Waals surface area contributed by atoms with E-state index in [-0.39, 0.29) is 24.0 Å². The Hall–Kier alpha value is -0.580. The Morgan fingerprint density at radius 2 is 1.29 bits per heavy atom. The number of amides is 1. The van der Waals surface area contributed by atoms with Gasteiger partial charge in [-0.3, -0.25) is 4.79 Å². The van der Waals surface area contributed by atoms with Crippen molar-refractivity contribution < 1.29 is 13.2 Å². The van der Waals surface area contributed by atoms with Crippen LogP contribution >= 0.6 is 0 Å². The van der Waals surface area contributed by atoms with E-state index in [0.29, 0.717) is 0 Å². The van der Waals surface area contributed by atoms with Crippen LogP contribution in [-0.4, -0.2) is 32.4 Å². The van der Waals surface area contributed by atoms with Crippen LogP contribution in [0.3, 0.4) is 0 Å². The standard InChI is InChI=1S/C16H33NO3S/c1-3-4-5-6-7-8-9-10-11-12-14-21(19,20)15-13-17-16(2)18/h3-15H2,1-2H3,(H,17,18). The molecule has 21 heavy (non-hydrogen) atoms. The minimum Gasteiger partial charge on any atom is -0.355 e. The summed E-state index contributed by atoms with van der Waals surface area (Å²) in [7, 11) is -3.00. The van der Waals surface area contributed by atoms with Gasteiger partial charge in [-0.1, -0.05) is 64.7 Å². The van der Waals surface area contributed by atoms with Gasteiger partial charge >= 0.3 is 0 Å². The van der Waals surface area contributed by atoms with Crippen molar-refractivity contribution in [2.24, 2.45) is 0 Å². The zero-order chi connectivity index (χ0) is 16.0. The second-order valence-electron chi connectivity index (χ2n) is 5.82. The highest BCUT2D eigenvalue weighted by Gasteiger charge is 2.10. The number of rotatable bonds is 14. The molecule has 0 rings (SSSR count). The van der Waals surface area contributed by atoms with Gasteiger partial charge in [0, 0.05) is 13.5 Å². The van der Waals surface area contributed by atoms with E-state index in [4.69, 9.17) is 0 Å². The van der Waals surface area contributed by atoms with Crippen molar-refractivity contribution in [2.45, 2.75) is 78.1 Å². The van der Waals surface area contributed by atoms with Gasteiger partial charge in [0.05, 0.1) is 11.5 Å². The molecule has 1 N–H and O–H groups in total. The van der Waals surface area contributed by atoms with Gasteiger partial charge < -0.3 is 5.32 Å². The Kier molecular flexibility index (Phi) is 12.7. The molecular weight excluding hydrogens is 286 g/mol. The molecule has 0 aromatic heterocycles. The molecule has 0 aromatic carbocycles. The highest BCUT2D eigenvalue weighted by molar-refractivity contribution is 7.91. The van der Waals surface area contributed by atoms with Crippen LogP contribution in [0.1, 0.15) is 78.1 Å². The molecule has 0 aliphatic heterocycles. The maximum absolute atomic E-state index is 11.7. The number of unbranched alkanes of at least 4 members (excludes halogenated alkanes) is 9. The van der Waals surface area contributed by atoms with Gasteiger partial charge in [-0.2, -0.15) is 0 Å². The second kappa shape index (κ2) is 13.1. The first-order chi connectivity index (χ1) is 9.98. The fraction of sp³-hybridized carbons (Fsp3) is 0.938. The monoisotopic (exact) mass is 319 g/mol. The molecule has 0 aromatic rings. The summed E-state index contributed by atoms with van der Waals surface area (Å²) >= 11 is 0. The summed E-state index contributed by atoms with van der Waals surface area (Å²) < 4.78 is 23.4. The summed E-state index contributed by atoms with van der Waals surface area (Å²) in [4.78, 5) is 10.7. The lowest BCUT2D eigenvalue weighted by molar-refractivity contribution is -0.118. The minimum absolute atomic E-state index is 0.0595. The molecule has 0 aliphatic carbocycles. The number of sulfone groups is 1. The Bertz CT molecular complexity index is 353. The van der Waals surface area contributed by atoms with Gasteiger partial charge in [0.1, 0.15) is 0 Å². The van der Waals surface area contributed by atoms with Gasteiger partial charge in [0.25, 0.3) is 0 Å². The van der Waals surface area contributed by atoms with Gasteiger partial charge in [-0.25, -0.2) is 8.42 Å². The predicted molar refractivity (Wildman–Crippen MR) is 89.2 cm³/mol. The molecule has 0 saturated carbocycles. The first-order valence-electron chi connectivity index (χ1n) is 8.43. The average Bonchev–Trinajstić information content (AvgIpc) is 2.40. The zero-order valence-corrected chi connectivity index (χ0v) is 14.6. The summed E-state index contributed by atoms with van der Waals surface area (Å²) in [6.07, 6.45) is 12.0. The Balaban J connectivity index is 3.38. The van der Waals surface area contributed by atoms with Crippen molar-refractivity contribution in [1.29, 1.82) is 0 Å². The van der Waals surface area contributed by atoms with Gasteiger partial charge in [0.2, 0.25) is 5.91 Å². The fourth-order valence-electron chi connectivity index (χ4n) is 2.29. The van der Waals surface area contributed by atoms with E-state index < -0.39 is 9.84 Å². The first-order valence-corrected chi connectivity index (χ1v) is 10.2. The van der Waals surface area contributed by atoms with Crippen molar-refractivity contribution in [3.8, 4) is 0 Å². The van der Waals surface area contributed by atoms with Crippen molar-refractivity contribution in [1.82, 2.24) is 5.32 Å². The van der Waals surface area contributed by atoms with E-state index in [1.165, 1.54) is 51.9 Å². The number of carbonyl (C=O) groups excluding carboxylic acids is 1. The van der Waals surface area contributed by atoms with Crippen LogP contribution < -0.4 is 5.32 Å². The number of hydrogen-bond acceptors (Lipinski definition) is 3. The van der Waals surface area contributed by atoms with E-state index >= 15 is 0 Å². The molecule has 0 saturated heterocycles. The van der Waals surface area contributed by atoms with E-state index in [1.807, 2.05) is 0 Å². The third-order valence-electron chi connectivity index (χ3n) is 3.60. The second-order valence-corrected chi connectivity index (χ2v) is 8.12. The van der Waals surface area contributed by atoms with Crippen molar-refractivity contribution in [2.75, 3.05) is 18.1 Å². The van der Waals surface area contributed by atoms with E-state index in [9.17, 15) is 13.2 Å². The quantitative estimate of drug-likeness (QED) is 0.499. The molecule has 0 bridgehead atoms. The molecule has 0 heterocycles. The van der Waals surface area contributed by atoms with E-state index in [1.54, 1.807) is 0 Å². The van der Waals surface area contributed by atoms with Crippen LogP contribution in [0.25, 0.3) is 0 Å². The molecule has 1 amide bonds. The summed E-state index contributed by atoms with van der Waals surface area (Å²) in [5, 5.41) is 2.52. The first kappa shape index (κ1) is 20.4. The Morgan fingerprint density at radius 3 is 1.76 bits per heavy atom. The molecule has 4 nitrogen and oxygen atoms in total. The van der Waals surface area contributed by atoms with Gasteiger partial charge in [-0.15, -0.1) is 0 Å². The molecule has 0 radical (unpaired) electrons. The lowest BCUT2D eigenvalue weighted by Gasteiger charge is -2.05. The zero-order valence-electron chi connectivity index (χ0n) is 13.8. The van der Waals surface area contributed by atoms with E-state index in [2.05, 4.69) is 12.2 Å². The Morgan fingerprint density at radius 1 is 0.810 bits per heavy atom. The van der Waals surface area contributed by atoms with E-state index in [0.717, 1.165) is 19.3 Å². The maximum atomic E-state index is 11.7. The van der Waals surface area contributed by atoms with Crippen LogP contribution in [-0.2, 0) is 14.6 Å². The number of hydrogen-bond donors (Lipinski definition) is 1. The summed E-state index contributed by atoms with van der Waals surface area (Å²) in [6.45, 7) is 3.86. The molecule has 0 aliphatic rings.